The first-order valence-corrected chi connectivity index (χ1v) is 16.2. The number of halogens is 1. The topological polar surface area (TPSA) is 51.1 Å². The van der Waals surface area contributed by atoms with Gasteiger partial charge in [0.2, 0.25) is 5.90 Å². The van der Waals surface area contributed by atoms with Gasteiger partial charge in [-0.1, -0.05) is 74.5 Å². The summed E-state index contributed by atoms with van der Waals surface area (Å²) in [7, 11) is 2.07. The Kier molecular flexibility index (Phi) is 7.17. The quantitative estimate of drug-likeness (QED) is 0.131. The number of fused-ring (bicyclic) bond motifs is 1. The predicted molar refractivity (Wildman–Crippen MR) is 170 cm³/mol. The van der Waals surface area contributed by atoms with Crippen molar-refractivity contribution >= 4 is 47.0 Å². The molecule has 42 heavy (non-hydrogen) atoms. The largest absolute Gasteiger partial charge is 0.458 e. The molecular weight excluding hydrogens is 566 g/mol. The van der Waals surface area contributed by atoms with Crippen LogP contribution in [0.1, 0.15) is 30.5 Å². The van der Waals surface area contributed by atoms with E-state index >= 15 is 0 Å². The zero-order chi connectivity index (χ0) is 29.5. The molecule has 4 aromatic carbocycles. The molecule has 0 saturated carbocycles. The van der Waals surface area contributed by atoms with E-state index in [2.05, 4.69) is 60.9 Å². The summed E-state index contributed by atoms with van der Waals surface area (Å²) in [6.45, 7) is 4.43. The van der Waals surface area contributed by atoms with E-state index in [9.17, 15) is 9.18 Å². The first-order valence-electron chi connectivity index (χ1n) is 13.4. The van der Waals surface area contributed by atoms with Crippen molar-refractivity contribution in [2.75, 3.05) is 11.9 Å². The highest BCUT2D eigenvalue weighted by Gasteiger charge is 2.40. The van der Waals surface area contributed by atoms with Gasteiger partial charge in [0.15, 0.2) is 12.0 Å². The van der Waals surface area contributed by atoms with Crippen LogP contribution in [0.3, 0.4) is 0 Å². The first-order chi connectivity index (χ1) is 20.1. The number of cyclic esters (lactones) is 1. The number of rotatable bonds is 6. The van der Waals surface area contributed by atoms with Gasteiger partial charge in [0.25, 0.3) is 0 Å². The van der Waals surface area contributed by atoms with Crippen molar-refractivity contribution < 1.29 is 18.4 Å². The second-order valence-electron chi connectivity index (χ2n) is 10.7. The van der Waals surface area contributed by atoms with E-state index in [1.807, 2.05) is 54.6 Å². The predicted octanol–water partition coefficient (Wildman–Crippen LogP) is 7.54. The molecule has 0 fully saturated rings. The molecule has 0 saturated heterocycles. The molecule has 1 atom stereocenters. The van der Waals surface area contributed by atoms with E-state index in [1.165, 1.54) is 29.8 Å². The first kappa shape index (κ1) is 27.8. The number of carbonyl (C=O) groups excluding carboxylic acids is 1. The zero-order valence-corrected chi connectivity index (χ0v) is 25.0. The van der Waals surface area contributed by atoms with Crippen LogP contribution in [-0.4, -0.2) is 18.9 Å². The molecular formula is C34H28FN2O3PS. The Morgan fingerprint density at radius 1 is 0.929 bits per heavy atom. The lowest BCUT2D eigenvalue weighted by atomic mass is 9.84. The van der Waals surface area contributed by atoms with Crippen molar-refractivity contribution in [1.82, 2.24) is 0 Å². The van der Waals surface area contributed by atoms with E-state index in [1.54, 1.807) is 6.08 Å². The van der Waals surface area contributed by atoms with Gasteiger partial charge in [-0.3, -0.25) is 0 Å². The fourth-order valence-corrected chi connectivity index (χ4v) is 8.32. The van der Waals surface area contributed by atoms with Gasteiger partial charge in [0.05, 0.1) is 0 Å². The number of ether oxygens (including phenoxy) is 1. The molecule has 0 amide bonds. The van der Waals surface area contributed by atoms with Gasteiger partial charge in [-0.15, -0.1) is 0 Å². The van der Waals surface area contributed by atoms with Gasteiger partial charge in [0.1, 0.15) is 11.6 Å². The number of hydrogen-bond donors (Lipinski definition) is 0. The summed E-state index contributed by atoms with van der Waals surface area (Å²) in [5, 5.41) is 0.954. The van der Waals surface area contributed by atoms with Crippen molar-refractivity contribution in [3.63, 3.8) is 0 Å². The van der Waals surface area contributed by atoms with Gasteiger partial charge in [-0.25, -0.2) is 14.2 Å². The smallest absolute Gasteiger partial charge is 0.363 e. The van der Waals surface area contributed by atoms with E-state index in [4.69, 9.17) is 21.1 Å². The van der Waals surface area contributed by atoms with Crippen LogP contribution >= 0.6 is 6.26 Å². The molecule has 0 spiro atoms. The Labute approximate surface area is 249 Å². The lowest BCUT2D eigenvalue weighted by molar-refractivity contribution is -0.129. The van der Waals surface area contributed by atoms with Crippen molar-refractivity contribution in [2.24, 2.45) is 4.99 Å². The third-order valence-electron chi connectivity index (χ3n) is 7.48. The monoisotopic (exact) mass is 594 g/mol. The highest BCUT2D eigenvalue weighted by atomic mass is 32.4. The Morgan fingerprint density at radius 3 is 2.29 bits per heavy atom. The second kappa shape index (κ2) is 10.8. The van der Waals surface area contributed by atoms with Gasteiger partial charge < -0.3 is 14.2 Å². The number of anilines is 1. The van der Waals surface area contributed by atoms with Crippen LogP contribution in [0.4, 0.5) is 10.1 Å². The summed E-state index contributed by atoms with van der Waals surface area (Å²) < 4.78 is 25.2. The van der Waals surface area contributed by atoms with Crippen LogP contribution in [0.5, 0.6) is 5.75 Å². The normalized spacial score (nSPS) is 18.9. The standard InChI is InChI=1S/C34H28FN2O3PS/c1-34(2)28-11-7-8-12-30(28)37(3)31(34)22-41(42,27-9-5-4-6-10-27)40-26-19-13-23(14-20-26)21-29-33(38)39-32(36-29)24-15-17-25(35)18-16-24/h4-22H,1-3H3/b29-21-,31-22?/t41-/m0/s1. The van der Waals surface area contributed by atoms with Crippen LogP contribution in [-0.2, 0) is 26.8 Å². The van der Waals surface area contributed by atoms with Gasteiger partial charge >= 0.3 is 5.97 Å². The van der Waals surface area contributed by atoms with Crippen LogP contribution in [0.15, 0.2) is 125 Å². The van der Waals surface area contributed by atoms with Crippen LogP contribution in [0.2, 0.25) is 0 Å². The van der Waals surface area contributed by atoms with Crippen LogP contribution in [0.25, 0.3) is 6.08 Å². The molecule has 0 aromatic heterocycles. The number of allylic oxidation sites excluding steroid dienone is 1. The number of benzene rings is 4. The SMILES string of the molecule is CN1C(=C[P@@](=S)(Oc2ccc(/C=C3\N=C(c4ccc(F)cc4)OC3=O)cc2)c2ccccc2)C(C)(C)c2ccccc21. The third-order valence-corrected chi connectivity index (χ3v) is 10.7. The molecule has 0 N–H and O–H groups in total. The maximum Gasteiger partial charge on any atom is 0.363 e. The summed E-state index contributed by atoms with van der Waals surface area (Å²) in [6, 6.07) is 31.4. The minimum Gasteiger partial charge on any atom is -0.458 e. The maximum absolute atomic E-state index is 13.3. The zero-order valence-electron chi connectivity index (χ0n) is 23.3. The van der Waals surface area contributed by atoms with Gasteiger partial charge in [-0.05, 0) is 71.5 Å². The average molecular weight is 595 g/mol. The number of carbonyl (C=O) groups is 1. The minimum absolute atomic E-state index is 0.143. The number of likely N-dealkylation sites (N-methyl/N-ethyl adjacent to an activating group) is 1. The summed E-state index contributed by atoms with van der Waals surface area (Å²) in [5.41, 5.74) is 4.71. The average Bonchev–Trinajstić information content (AvgIpc) is 3.45. The number of nitrogens with zero attached hydrogens (tertiary/aromatic N) is 2. The van der Waals surface area contributed by atoms with Crippen molar-refractivity contribution in [3.05, 3.63) is 143 Å². The second-order valence-corrected chi connectivity index (χ2v) is 14.4. The summed E-state index contributed by atoms with van der Waals surface area (Å²) in [5.74, 6) is 1.98. The third kappa shape index (κ3) is 5.22. The fourth-order valence-electron chi connectivity index (χ4n) is 5.24. The van der Waals surface area contributed by atoms with E-state index in [0.717, 1.165) is 22.3 Å². The molecule has 4 aromatic rings. The van der Waals surface area contributed by atoms with E-state index in [-0.39, 0.29) is 22.8 Å². The van der Waals surface area contributed by atoms with Gasteiger partial charge in [-0.2, -0.15) is 0 Å². The molecule has 8 heteroatoms. The van der Waals surface area contributed by atoms with Crippen LogP contribution in [0, 0.1) is 5.82 Å². The number of hydrogen-bond acceptors (Lipinski definition) is 6. The molecule has 2 heterocycles. The fraction of sp³-hybridized carbons (Fsp3) is 0.118. The maximum atomic E-state index is 13.3. The Morgan fingerprint density at radius 2 is 1.60 bits per heavy atom. The molecule has 210 valence electrons. The Bertz CT molecular complexity index is 1810. The summed E-state index contributed by atoms with van der Waals surface area (Å²) in [4.78, 5) is 19.0. The number of esters is 1. The highest BCUT2D eigenvalue weighted by molar-refractivity contribution is 8.17. The molecule has 0 aliphatic carbocycles. The van der Waals surface area contributed by atoms with E-state index < -0.39 is 12.2 Å². The lowest BCUT2D eigenvalue weighted by Crippen LogP contribution is -2.24. The number of aliphatic imine (C=N–C) groups is 1. The van der Waals surface area contributed by atoms with Crippen molar-refractivity contribution in [2.45, 2.75) is 19.3 Å². The van der Waals surface area contributed by atoms with Crippen LogP contribution < -0.4 is 14.7 Å². The van der Waals surface area contributed by atoms with Crippen molar-refractivity contribution in [1.29, 1.82) is 0 Å². The molecule has 0 radical (unpaired) electrons. The van der Waals surface area contributed by atoms with Gasteiger partial charge in [0, 0.05) is 40.5 Å². The molecule has 6 rings (SSSR count). The molecule has 0 unspecified atom stereocenters. The van der Waals surface area contributed by atoms with Crippen molar-refractivity contribution in [3.8, 4) is 5.75 Å². The highest BCUT2D eigenvalue weighted by Crippen LogP contribution is 2.55. The molecule has 5 nitrogen and oxygen atoms in total. The Hall–Kier alpha value is -4.32. The molecule has 2 aliphatic rings. The summed E-state index contributed by atoms with van der Waals surface area (Å²) in [6.07, 6.45) is -1.05. The lowest BCUT2D eigenvalue weighted by Gasteiger charge is -2.28. The molecule has 0 bridgehead atoms. The summed E-state index contributed by atoms with van der Waals surface area (Å²) >= 11 is 6.36. The van der Waals surface area contributed by atoms with E-state index in [0.29, 0.717) is 11.3 Å². The minimum atomic E-state index is -2.70. The number of para-hydroxylation sites is 1. The Balaban J connectivity index is 1.30. The molecule has 2 aliphatic heterocycles.